The molecule has 0 aliphatic rings. The van der Waals surface area contributed by atoms with Crippen LogP contribution in [0.25, 0.3) is 0 Å². The van der Waals surface area contributed by atoms with Crippen LogP contribution in [0.3, 0.4) is 0 Å². The number of hydrogen-bond acceptors (Lipinski definition) is 3. The molecule has 0 amide bonds. The number of hydrogen-bond donors (Lipinski definition) is 1. The third kappa shape index (κ3) is 4.15. The summed E-state index contributed by atoms with van der Waals surface area (Å²) in [7, 11) is -1.71. The summed E-state index contributed by atoms with van der Waals surface area (Å²) in [6.45, 7) is 4.51. The van der Waals surface area contributed by atoms with Gasteiger partial charge in [-0.1, -0.05) is 26.0 Å². The van der Waals surface area contributed by atoms with E-state index in [1.807, 2.05) is 12.1 Å². The van der Waals surface area contributed by atoms with Gasteiger partial charge >= 0.3 is 0 Å². The van der Waals surface area contributed by atoms with Crippen LogP contribution in [0.4, 0.5) is 0 Å². The Morgan fingerprint density at radius 3 is 2.38 bits per heavy atom. The molecule has 0 bridgehead atoms. The Labute approximate surface area is 126 Å². The summed E-state index contributed by atoms with van der Waals surface area (Å²) in [5.74, 6) is 0.551. The molecule has 1 heterocycles. The van der Waals surface area contributed by atoms with E-state index in [4.69, 9.17) is 0 Å². The molecule has 0 atom stereocenters. The molecule has 0 spiro atoms. The van der Waals surface area contributed by atoms with Gasteiger partial charge in [-0.05, 0) is 36.1 Å². The molecule has 0 saturated heterocycles. The summed E-state index contributed by atoms with van der Waals surface area (Å²) in [4.78, 5) is 0.289. The summed E-state index contributed by atoms with van der Waals surface area (Å²) in [6, 6.07) is 8.85. The van der Waals surface area contributed by atoms with Crippen molar-refractivity contribution in [2.24, 2.45) is 13.0 Å². The van der Waals surface area contributed by atoms with E-state index < -0.39 is 10.0 Å². The van der Waals surface area contributed by atoms with Crippen LogP contribution in [-0.2, 0) is 30.0 Å². The van der Waals surface area contributed by atoms with Gasteiger partial charge in [-0.15, -0.1) is 0 Å². The molecule has 1 N–H and O–H groups in total. The van der Waals surface area contributed by atoms with Crippen molar-refractivity contribution in [2.45, 2.75) is 31.7 Å². The van der Waals surface area contributed by atoms with E-state index >= 15 is 0 Å². The Kier molecular flexibility index (Phi) is 4.80. The lowest BCUT2D eigenvalue weighted by molar-refractivity contribution is 0.577. The van der Waals surface area contributed by atoms with E-state index in [2.05, 4.69) is 23.7 Å². The lowest BCUT2D eigenvalue weighted by Crippen LogP contribution is -2.24. The zero-order valence-electron chi connectivity index (χ0n) is 12.6. The number of nitrogens with zero attached hydrogens (tertiary/aromatic N) is 2. The highest BCUT2D eigenvalue weighted by atomic mass is 32.2. The molecule has 0 aliphatic heterocycles. The van der Waals surface area contributed by atoms with Crippen molar-refractivity contribution in [3.63, 3.8) is 0 Å². The van der Waals surface area contributed by atoms with Crippen LogP contribution in [-0.4, -0.2) is 18.2 Å². The number of benzene rings is 1. The van der Waals surface area contributed by atoms with Crippen molar-refractivity contribution < 1.29 is 8.42 Å². The summed E-state index contributed by atoms with van der Waals surface area (Å²) in [6.07, 6.45) is 2.59. The lowest BCUT2D eigenvalue weighted by atomic mass is 10.0. The molecular weight excluding hydrogens is 286 g/mol. The third-order valence-electron chi connectivity index (χ3n) is 3.24. The minimum Gasteiger partial charge on any atom is -0.271 e. The van der Waals surface area contributed by atoms with E-state index in [0.717, 1.165) is 17.7 Å². The summed E-state index contributed by atoms with van der Waals surface area (Å²) >= 11 is 0. The largest absolute Gasteiger partial charge is 0.271 e. The normalized spacial score (nSPS) is 12.0. The molecule has 0 fully saturated rings. The summed E-state index contributed by atoms with van der Waals surface area (Å²) in [5.41, 5.74) is 1.96. The van der Waals surface area contributed by atoms with Crippen LogP contribution in [0.1, 0.15) is 25.1 Å². The second-order valence-corrected chi connectivity index (χ2v) is 7.28. The van der Waals surface area contributed by atoms with Crippen LogP contribution in [0.15, 0.2) is 41.4 Å². The van der Waals surface area contributed by atoms with Crippen molar-refractivity contribution in [3.05, 3.63) is 47.8 Å². The first-order valence-corrected chi connectivity index (χ1v) is 8.42. The molecule has 2 aromatic rings. The maximum absolute atomic E-state index is 12.2. The van der Waals surface area contributed by atoms with E-state index in [9.17, 15) is 8.42 Å². The molecule has 0 aliphatic carbocycles. The fraction of sp³-hybridized carbons (Fsp3) is 0.400. The zero-order valence-corrected chi connectivity index (χ0v) is 13.4. The van der Waals surface area contributed by atoms with E-state index in [-0.39, 0.29) is 11.4 Å². The summed E-state index contributed by atoms with van der Waals surface area (Å²) in [5, 5.41) is 4.01. The fourth-order valence-electron chi connectivity index (χ4n) is 2.10. The Hall–Kier alpha value is -1.66. The van der Waals surface area contributed by atoms with Crippen LogP contribution in [0.2, 0.25) is 0 Å². The minimum absolute atomic E-state index is 0.229. The Morgan fingerprint density at radius 2 is 1.86 bits per heavy atom. The second kappa shape index (κ2) is 6.41. The molecule has 6 heteroatoms. The van der Waals surface area contributed by atoms with Crippen LogP contribution >= 0.6 is 0 Å². The molecule has 0 unspecified atom stereocenters. The van der Waals surface area contributed by atoms with Crippen LogP contribution in [0.5, 0.6) is 0 Å². The van der Waals surface area contributed by atoms with Gasteiger partial charge in [0.1, 0.15) is 0 Å². The quantitative estimate of drug-likeness (QED) is 0.889. The van der Waals surface area contributed by atoms with Crippen molar-refractivity contribution >= 4 is 10.0 Å². The van der Waals surface area contributed by atoms with E-state index in [0.29, 0.717) is 5.92 Å². The smallest absolute Gasteiger partial charge is 0.240 e. The van der Waals surface area contributed by atoms with Gasteiger partial charge in [-0.25, -0.2) is 13.1 Å². The Balaban J connectivity index is 2.07. The van der Waals surface area contributed by atoms with E-state index in [1.54, 1.807) is 36.1 Å². The number of aryl methyl sites for hydroxylation is 1. The van der Waals surface area contributed by atoms with Gasteiger partial charge < -0.3 is 0 Å². The second-order valence-electron chi connectivity index (χ2n) is 5.51. The number of sulfonamides is 1. The van der Waals surface area contributed by atoms with Crippen molar-refractivity contribution in [1.29, 1.82) is 0 Å². The Morgan fingerprint density at radius 1 is 1.19 bits per heavy atom. The van der Waals surface area contributed by atoms with E-state index in [1.165, 1.54) is 0 Å². The first kappa shape index (κ1) is 15.7. The first-order valence-electron chi connectivity index (χ1n) is 6.94. The van der Waals surface area contributed by atoms with Crippen LogP contribution in [0, 0.1) is 5.92 Å². The minimum atomic E-state index is -3.49. The maximum atomic E-state index is 12.2. The standard InChI is InChI=1S/C15H21N3O2S/c1-12(2)10-13-4-6-15(7-5-13)21(19,20)17-11-14-8-9-16-18(14)3/h4-9,12,17H,10-11H2,1-3H3. The van der Waals surface area contributed by atoms with Crippen molar-refractivity contribution in [1.82, 2.24) is 14.5 Å². The third-order valence-corrected chi connectivity index (χ3v) is 4.66. The first-order chi connectivity index (χ1) is 9.88. The van der Waals surface area contributed by atoms with Gasteiger partial charge in [0.05, 0.1) is 17.1 Å². The molecular formula is C15H21N3O2S. The highest BCUT2D eigenvalue weighted by Crippen LogP contribution is 2.14. The average Bonchev–Trinajstić information content (AvgIpc) is 2.82. The molecule has 21 heavy (non-hydrogen) atoms. The predicted octanol–water partition coefficient (Wildman–Crippen LogP) is 2.10. The average molecular weight is 307 g/mol. The highest BCUT2D eigenvalue weighted by Gasteiger charge is 2.14. The van der Waals surface area contributed by atoms with Gasteiger partial charge in [0.2, 0.25) is 10.0 Å². The van der Waals surface area contributed by atoms with Gasteiger partial charge in [0.15, 0.2) is 0 Å². The maximum Gasteiger partial charge on any atom is 0.240 e. The molecule has 1 aromatic heterocycles. The molecule has 0 radical (unpaired) electrons. The van der Waals surface area contributed by atoms with Crippen LogP contribution < -0.4 is 4.72 Å². The lowest BCUT2D eigenvalue weighted by Gasteiger charge is -2.09. The van der Waals surface area contributed by atoms with Crippen molar-refractivity contribution in [2.75, 3.05) is 0 Å². The van der Waals surface area contributed by atoms with Gasteiger partial charge in [-0.3, -0.25) is 4.68 Å². The predicted molar refractivity (Wildman–Crippen MR) is 82.2 cm³/mol. The molecule has 1 aromatic carbocycles. The molecule has 5 nitrogen and oxygen atoms in total. The molecule has 0 saturated carbocycles. The number of nitrogens with one attached hydrogen (secondary N) is 1. The topological polar surface area (TPSA) is 64.0 Å². The fourth-order valence-corrected chi connectivity index (χ4v) is 3.10. The zero-order chi connectivity index (χ0) is 15.5. The Bertz CT molecular complexity index is 688. The highest BCUT2D eigenvalue weighted by molar-refractivity contribution is 7.89. The molecule has 2 rings (SSSR count). The van der Waals surface area contributed by atoms with Gasteiger partial charge in [-0.2, -0.15) is 5.10 Å². The van der Waals surface area contributed by atoms with Gasteiger partial charge in [0.25, 0.3) is 0 Å². The number of rotatable bonds is 6. The number of aromatic nitrogens is 2. The molecule has 114 valence electrons. The summed E-state index contributed by atoms with van der Waals surface area (Å²) < 4.78 is 28.7. The van der Waals surface area contributed by atoms with Crippen molar-refractivity contribution in [3.8, 4) is 0 Å². The van der Waals surface area contributed by atoms with Gasteiger partial charge in [0, 0.05) is 13.2 Å². The monoisotopic (exact) mass is 307 g/mol. The SMILES string of the molecule is CC(C)Cc1ccc(S(=O)(=O)NCc2ccnn2C)cc1.